The molecule has 0 aliphatic heterocycles. The van der Waals surface area contributed by atoms with Crippen molar-refractivity contribution in [3.05, 3.63) is 34.8 Å². The lowest BCUT2D eigenvalue weighted by atomic mass is 10.2. The fourth-order valence-corrected chi connectivity index (χ4v) is 2.38. The normalized spacial score (nSPS) is 10.5. The maximum atomic E-state index is 12.4. The second-order valence-electron chi connectivity index (χ2n) is 4.28. The first-order valence-corrected chi connectivity index (χ1v) is 7.13. The van der Waals surface area contributed by atoms with Crippen LogP contribution in [0.1, 0.15) is 27.0 Å². The van der Waals surface area contributed by atoms with Gasteiger partial charge in [-0.3, -0.25) is 14.9 Å². The van der Waals surface area contributed by atoms with Gasteiger partial charge in [0.2, 0.25) is 0 Å². The van der Waals surface area contributed by atoms with Crippen LogP contribution in [0.5, 0.6) is 11.5 Å². The Morgan fingerprint density at radius 2 is 2.04 bits per heavy atom. The van der Waals surface area contributed by atoms with E-state index in [4.69, 9.17) is 4.74 Å². The summed E-state index contributed by atoms with van der Waals surface area (Å²) in [4.78, 5) is 27.6. The van der Waals surface area contributed by atoms with Gasteiger partial charge in [-0.2, -0.15) is 8.78 Å². The summed E-state index contributed by atoms with van der Waals surface area (Å²) in [5.41, 5.74) is 0.0843. The van der Waals surface area contributed by atoms with Crippen molar-refractivity contribution in [3.8, 4) is 11.5 Å². The second-order valence-corrected chi connectivity index (χ2v) is 5.31. The number of nitrogens with zero attached hydrogens (tertiary/aromatic N) is 1. The fraction of sp³-hybridized carbons (Fsp3) is 0.214. The molecule has 2 rings (SSSR count). The number of nitrogens with one attached hydrogen (secondary N) is 1. The van der Waals surface area contributed by atoms with Gasteiger partial charge in [-0.05, 0) is 18.2 Å². The summed E-state index contributed by atoms with van der Waals surface area (Å²) in [6.07, 6.45) is 1.35. The first kappa shape index (κ1) is 16.8. The molecule has 0 unspecified atom stereocenters. The Labute approximate surface area is 134 Å². The van der Waals surface area contributed by atoms with Crippen LogP contribution >= 0.6 is 11.3 Å². The first-order valence-electron chi connectivity index (χ1n) is 6.31. The van der Waals surface area contributed by atoms with Crippen LogP contribution in [0.2, 0.25) is 0 Å². The number of amides is 1. The Morgan fingerprint density at radius 3 is 2.61 bits per heavy atom. The predicted octanol–water partition coefficient (Wildman–Crippen LogP) is 3.21. The standard InChI is InChI=1S/C14H12F2N2O4S/c1-7(19)11-6-17-14(23-11)18-12(20)8-3-4-9(21-2)10(5-8)22-13(15)16/h3-6,13H,1-2H3,(H,17,18,20). The Bertz CT molecular complexity index is 733. The quantitative estimate of drug-likeness (QED) is 0.816. The second kappa shape index (κ2) is 7.14. The Kier molecular flexibility index (Phi) is 5.22. The lowest BCUT2D eigenvalue weighted by Crippen LogP contribution is -2.12. The summed E-state index contributed by atoms with van der Waals surface area (Å²) < 4.78 is 34.0. The number of anilines is 1. The minimum Gasteiger partial charge on any atom is -0.493 e. The van der Waals surface area contributed by atoms with Crippen LogP contribution in [0.3, 0.4) is 0 Å². The highest BCUT2D eigenvalue weighted by atomic mass is 32.1. The molecule has 1 amide bonds. The van der Waals surface area contributed by atoms with E-state index in [1.165, 1.54) is 32.4 Å². The number of ether oxygens (including phenoxy) is 2. The third kappa shape index (κ3) is 4.22. The van der Waals surface area contributed by atoms with E-state index in [1.807, 2.05) is 0 Å². The Balaban J connectivity index is 2.19. The lowest BCUT2D eigenvalue weighted by molar-refractivity contribution is -0.0512. The summed E-state index contributed by atoms with van der Waals surface area (Å²) in [5.74, 6) is -0.912. The van der Waals surface area contributed by atoms with Crippen molar-refractivity contribution in [1.82, 2.24) is 4.98 Å². The van der Waals surface area contributed by atoms with Gasteiger partial charge in [0.1, 0.15) is 0 Å². The third-order valence-electron chi connectivity index (χ3n) is 2.72. The number of ketones is 1. The van der Waals surface area contributed by atoms with E-state index in [0.29, 0.717) is 4.88 Å². The van der Waals surface area contributed by atoms with E-state index in [-0.39, 0.29) is 28.0 Å². The molecule has 1 aromatic heterocycles. The molecule has 0 aliphatic rings. The third-order valence-corrected chi connectivity index (χ3v) is 3.73. The highest BCUT2D eigenvalue weighted by Gasteiger charge is 2.16. The van der Waals surface area contributed by atoms with Gasteiger partial charge in [-0.15, -0.1) is 0 Å². The zero-order chi connectivity index (χ0) is 17.0. The largest absolute Gasteiger partial charge is 0.493 e. The van der Waals surface area contributed by atoms with Crippen LogP contribution in [0.4, 0.5) is 13.9 Å². The molecule has 122 valence electrons. The van der Waals surface area contributed by atoms with Gasteiger partial charge in [0.15, 0.2) is 22.4 Å². The zero-order valence-corrected chi connectivity index (χ0v) is 12.9. The average molecular weight is 342 g/mol. The van der Waals surface area contributed by atoms with Crippen molar-refractivity contribution in [2.45, 2.75) is 13.5 Å². The Morgan fingerprint density at radius 1 is 1.30 bits per heavy atom. The molecule has 0 fully saturated rings. The van der Waals surface area contributed by atoms with E-state index >= 15 is 0 Å². The van der Waals surface area contributed by atoms with Gasteiger partial charge in [0.25, 0.3) is 5.91 Å². The molecular weight excluding hydrogens is 330 g/mol. The van der Waals surface area contributed by atoms with Crippen LogP contribution in [0, 0.1) is 0 Å². The number of halogens is 2. The number of carbonyl (C=O) groups excluding carboxylic acids is 2. The molecule has 0 bridgehead atoms. The van der Waals surface area contributed by atoms with Crippen LogP contribution in [-0.2, 0) is 0 Å². The molecule has 1 heterocycles. The summed E-state index contributed by atoms with van der Waals surface area (Å²) >= 11 is 1.02. The topological polar surface area (TPSA) is 77.5 Å². The highest BCUT2D eigenvalue weighted by molar-refractivity contribution is 7.17. The van der Waals surface area contributed by atoms with Crippen LogP contribution in [0.15, 0.2) is 24.4 Å². The molecule has 23 heavy (non-hydrogen) atoms. The number of aromatic nitrogens is 1. The summed E-state index contributed by atoms with van der Waals surface area (Å²) in [6.45, 7) is -1.66. The van der Waals surface area contributed by atoms with Gasteiger partial charge in [-0.25, -0.2) is 4.98 Å². The SMILES string of the molecule is COc1ccc(C(=O)Nc2ncc(C(C)=O)s2)cc1OC(F)F. The zero-order valence-electron chi connectivity index (χ0n) is 12.1. The van der Waals surface area contributed by atoms with E-state index in [1.54, 1.807) is 0 Å². The predicted molar refractivity (Wildman–Crippen MR) is 79.7 cm³/mol. The molecule has 9 heteroatoms. The number of hydrogen-bond donors (Lipinski definition) is 1. The van der Waals surface area contributed by atoms with Crippen molar-refractivity contribution in [2.75, 3.05) is 12.4 Å². The van der Waals surface area contributed by atoms with E-state index < -0.39 is 12.5 Å². The number of Topliss-reactive ketones (excluding diaryl/α,β-unsaturated/α-hetero) is 1. The van der Waals surface area contributed by atoms with Crippen LogP contribution in [0.25, 0.3) is 0 Å². The average Bonchev–Trinajstić information content (AvgIpc) is 2.95. The van der Waals surface area contributed by atoms with Crippen molar-refractivity contribution in [1.29, 1.82) is 0 Å². The molecule has 0 spiro atoms. The van der Waals surface area contributed by atoms with Gasteiger partial charge in [0, 0.05) is 12.5 Å². The number of methoxy groups -OCH3 is 1. The minimum atomic E-state index is -3.04. The van der Waals surface area contributed by atoms with Gasteiger partial charge in [0.05, 0.1) is 18.2 Å². The van der Waals surface area contributed by atoms with Gasteiger partial charge >= 0.3 is 6.61 Å². The molecular formula is C14H12F2N2O4S. The molecule has 1 N–H and O–H groups in total. The van der Waals surface area contributed by atoms with Crippen molar-refractivity contribution >= 4 is 28.2 Å². The van der Waals surface area contributed by atoms with Crippen molar-refractivity contribution in [3.63, 3.8) is 0 Å². The lowest BCUT2D eigenvalue weighted by Gasteiger charge is -2.11. The molecule has 0 saturated carbocycles. The fourth-order valence-electron chi connectivity index (χ4n) is 1.67. The first-order chi connectivity index (χ1) is 10.9. The highest BCUT2D eigenvalue weighted by Crippen LogP contribution is 2.30. The number of alkyl halides is 2. The van der Waals surface area contributed by atoms with Crippen molar-refractivity contribution < 1.29 is 27.8 Å². The number of thiazole rings is 1. The van der Waals surface area contributed by atoms with Gasteiger partial charge in [-0.1, -0.05) is 11.3 Å². The number of hydrogen-bond acceptors (Lipinski definition) is 6. The summed E-state index contributed by atoms with van der Waals surface area (Å²) in [6, 6.07) is 3.88. The van der Waals surface area contributed by atoms with Crippen LogP contribution in [-0.4, -0.2) is 30.4 Å². The monoisotopic (exact) mass is 342 g/mol. The maximum absolute atomic E-state index is 12.4. The molecule has 0 radical (unpaired) electrons. The minimum absolute atomic E-state index is 0.0787. The van der Waals surface area contributed by atoms with Crippen molar-refractivity contribution in [2.24, 2.45) is 0 Å². The molecule has 1 aromatic carbocycles. The van der Waals surface area contributed by atoms with Crippen LogP contribution < -0.4 is 14.8 Å². The summed E-state index contributed by atoms with van der Waals surface area (Å²) in [5, 5.41) is 2.71. The van der Waals surface area contributed by atoms with E-state index in [0.717, 1.165) is 17.4 Å². The van der Waals surface area contributed by atoms with Gasteiger partial charge < -0.3 is 9.47 Å². The molecule has 0 aliphatic carbocycles. The van der Waals surface area contributed by atoms with E-state index in [9.17, 15) is 18.4 Å². The smallest absolute Gasteiger partial charge is 0.387 e. The molecule has 0 atom stereocenters. The summed E-state index contributed by atoms with van der Waals surface area (Å²) in [7, 11) is 1.30. The maximum Gasteiger partial charge on any atom is 0.387 e. The molecule has 2 aromatic rings. The number of carbonyl (C=O) groups is 2. The molecule has 6 nitrogen and oxygen atoms in total. The number of rotatable bonds is 6. The molecule has 0 saturated heterocycles. The Hall–Kier alpha value is -2.55. The van der Waals surface area contributed by atoms with E-state index in [2.05, 4.69) is 15.0 Å². The number of benzene rings is 1.